The number of carbonyl (C=O) groups is 1. The summed E-state index contributed by atoms with van der Waals surface area (Å²) in [6.45, 7) is 0.729. The lowest BCUT2D eigenvalue weighted by atomic mass is 10.3. The lowest BCUT2D eigenvalue weighted by Gasteiger charge is -2.03. The third-order valence-electron chi connectivity index (χ3n) is 1.42. The second kappa shape index (κ2) is 4.24. The fourth-order valence-electron chi connectivity index (χ4n) is 0.689. The van der Waals surface area contributed by atoms with Gasteiger partial charge in [0.1, 0.15) is 0 Å². The van der Waals surface area contributed by atoms with Crippen molar-refractivity contribution in [3.05, 3.63) is 0 Å². The van der Waals surface area contributed by atoms with Crippen LogP contribution in [0.5, 0.6) is 0 Å². The van der Waals surface area contributed by atoms with Gasteiger partial charge in [-0.25, -0.2) is 0 Å². The van der Waals surface area contributed by atoms with Crippen LogP contribution < -0.4 is 11.1 Å². The molecule has 0 atom stereocenters. The first-order valence-electron chi connectivity index (χ1n) is 3.20. The van der Waals surface area contributed by atoms with Gasteiger partial charge in [0.15, 0.2) is 0 Å². The van der Waals surface area contributed by atoms with Gasteiger partial charge >= 0.3 is 0 Å². The van der Waals surface area contributed by atoms with Gasteiger partial charge in [0.25, 0.3) is 6.47 Å². The second-order valence-corrected chi connectivity index (χ2v) is 2.50. The summed E-state index contributed by atoms with van der Waals surface area (Å²) in [6, 6.07) is 0. The highest BCUT2D eigenvalue weighted by Crippen LogP contribution is 2.30. The summed E-state index contributed by atoms with van der Waals surface area (Å²) in [5.41, 5.74) is 5.88. The zero-order valence-corrected chi connectivity index (χ0v) is 6.13. The molecule has 0 saturated heterocycles. The van der Waals surface area contributed by atoms with E-state index in [0.29, 0.717) is 0 Å². The number of nitrogens with one attached hydrogen (secondary N) is 1. The molecule has 0 spiro atoms. The Morgan fingerprint density at radius 3 is 2.30 bits per heavy atom. The summed E-state index contributed by atoms with van der Waals surface area (Å²) in [4.78, 5) is 8.36. The topological polar surface area (TPSA) is 75.3 Å². The van der Waals surface area contributed by atoms with Crippen molar-refractivity contribution in [2.75, 3.05) is 13.6 Å². The molecule has 10 heavy (non-hydrogen) atoms. The Hall–Kier alpha value is -0.610. The fraction of sp³-hybridized carbons (Fsp3) is 0.833. The summed E-state index contributed by atoms with van der Waals surface area (Å²) >= 11 is 0. The van der Waals surface area contributed by atoms with Crippen molar-refractivity contribution < 1.29 is 9.90 Å². The molecule has 1 aliphatic rings. The van der Waals surface area contributed by atoms with E-state index in [4.69, 9.17) is 15.6 Å². The van der Waals surface area contributed by atoms with Crippen LogP contribution in [0.4, 0.5) is 0 Å². The summed E-state index contributed by atoms with van der Waals surface area (Å²) in [6.07, 6.45) is 2.40. The predicted octanol–water partition coefficient (Wildman–Crippen LogP) is -0.602. The van der Waals surface area contributed by atoms with Crippen LogP contribution >= 0.6 is 0 Å². The normalized spacial score (nSPS) is 18.6. The maximum absolute atomic E-state index is 8.36. The molecule has 0 heterocycles. The van der Waals surface area contributed by atoms with E-state index in [9.17, 15) is 0 Å². The van der Waals surface area contributed by atoms with Crippen molar-refractivity contribution in [2.45, 2.75) is 18.4 Å². The molecule has 0 bridgehead atoms. The van der Waals surface area contributed by atoms with Crippen molar-refractivity contribution in [3.63, 3.8) is 0 Å². The van der Waals surface area contributed by atoms with E-state index in [-0.39, 0.29) is 12.0 Å². The van der Waals surface area contributed by atoms with Crippen LogP contribution in [-0.2, 0) is 4.79 Å². The molecule has 0 aromatic carbocycles. The number of hydrogen-bond acceptors (Lipinski definition) is 3. The Morgan fingerprint density at radius 1 is 1.80 bits per heavy atom. The van der Waals surface area contributed by atoms with Gasteiger partial charge in [-0.2, -0.15) is 0 Å². The Kier molecular flexibility index (Phi) is 3.99. The molecule has 1 fully saturated rings. The van der Waals surface area contributed by atoms with Crippen LogP contribution in [0.3, 0.4) is 0 Å². The zero-order chi connectivity index (χ0) is 8.04. The van der Waals surface area contributed by atoms with Crippen LogP contribution in [0.25, 0.3) is 0 Å². The average Bonchev–Trinajstić information content (AvgIpc) is 2.51. The quantitative estimate of drug-likeness (QED) is 0.455. The van der Waals surface area contributed by atoms with Crippen molar-refractivity contribution in [2.24, 2.45) is 5.73 Å². The van der Waals surface area contributed by atoms with Crippen LogP contribution in [0.2, 0.25) is 0 Å². The lowest BCUT2D eigenvalue weighted by molar-refractivity contribution is -0.122. The van der Waals surface area contributed by atoms with E-state index in [0.717, 1.165) is 6.54 Å². The number of nitrogens with two attached hydrogens (primary N) is 1. The molecular weight excluding hydrogens is 132 g/mol. The molecule has 60 valence electrons. The maximum Gasteiger partial charge on any atom is 0.290 e. The molecule has 1 saturated carbocycles. The van der Waals surface area contributed by atoms with Crippen molar-refractivity contribution in [1.82, 2.24) is 5.32 Å². The molecule has 4 nitrogen and oxygen atoms in total. The third kappa shape index (κ3) is 4.29. The first-order valence-corrected chi connectivity index (χ1v) is 3.20. The SMILES string of the molecule is CNCC1(N)CC1.O=CO. The fourth-order valence-corrected chi connectivity index (χ4v) is 0.689. The van der Waals surface area contributed by atoms with Gasteiger partial charge in [-0.15, -0.1) is 0 Å². The Labute approximate surface area is 60.4 Å². The Morgan fingerprint density at radius 2 is 2.20 bits per heavy atom. The molecule has 0 unspecified atom stereocenters. The highest BCUT2D eigenvalue weighted by atomic mass is 16.3. The summed E-state index contributed by atoms with van der Waals surface area (Å²) in [7, 11) is 1.94. The van der Waals surface area contributed by atoms with Crippen LogP contribution in [-0.4, -0.2) is 30.7 Å². The van der Waals surface area contributed by atoms with Gasteiger partial charge in [-0.3, -0.25) is 4.79 Å². The minimum Gasteiger partial charge on any atom is -0.483 e. The summed E-state index contributed by atoms with van der Waals surface area (Å²) < 4.78 is 0. The van der Waals surface area contributed by atoms with E-state index in [1.165, 1.54) is 12.8 Å². The van der Waals surface area contributed by atoms with Gasteiger partial charge in [0, 0.05) is 12.1 Å². The van der Waals surface area contributed by atoms with Crippen LogP contribution in [0, 0.1) is 0 Å². The third-order valence-corrected chi connectivity index (χ3v) is 1.42. The smallest absolute Gasteiger partial charge is 0.290 e. The predicted molar refractivity (Wildman–Crippen MR) is 38.8 cm³/mol. The van der Waals surface area contributed by atoms with Crippen LogP contribution in [0.15, 0.2) is 0 Å². The van der Waals surface area contributed by atoms with Gasteiger partial charge in [0.2, 0.25) is 0 Å². The number of hydrogen-bond donors (Lipinski definition) is 3. The molecule has 0 amide bonds. The summed E-state index contributed by atoms with van der Waals surface area (Å²) in [5.74, 6) is 0. The highest BCUT2D eigenvalue weighted by molar-refractivity contribution is 5.32. The van der Waals surface area contributed by atoms with E-state index in [1.54, 1.807) is 0 Å². The molecule has 1 aliphatic carbocycles. The van der Waals surface area contributed by atoms with Crippen LogP contribution in [0.1, 0.15) is 12.8 Å². The zero-order valence-electron chi connectivity index (χ0n) is 6.13. The van der Waals surface area contributed by atoms with E-state index < -0.39 is 0 Å². The van der Waals surface area contributed by atoms with Crippen molar-refractivity contribution in [1.29, 1.82) is 0 Å². The first kappa shape index (κ1) is 9.39. The van der Waals surface area contributed by atoms with Gasteiger partial charge in [0.05, 0.1) is 0 Å². The van der Waals surface area contributed by atoms with Crippen molar-refractivity contribution in [3.8, 4) is 0 Å². The van der Waals surface area contributed by atoms with E-state index in [1.807, 2.05) is 7.05 Å². The standard InChI is InChI=1S/C5H12N2.CH2O2/c1-7-4-5(6)2-3-5;2-1-3/h7H,2-4,6H2,1H3;1H,(H,2,3). The lowest BCUT2D eigenvalue weighted by Crippen LogP contribution is -2.33. The van der Waals surface area contributed by atoms with E-state index in [2.05, 4.69) is 5.32 Å². The maximum atomic E-state index is 8.36. The molecule has 0 aromatic rings. The van der Waals surface area contributed by atoms with Gasteiger partial charge in [-0.1, -0.05) is 0 Å². The molecule has 4 N–H and O–H groups in total. The molecule has 0 aromatic heterocycles. The van der Waals surface area contributed by atoms with Crippen molar-refractivity contribution >= 4 is 6.47 Å². The Balaban J connectivity index is 0.000000236. The molecule has 4 heteroatoms. The largest absolute Gasteiger partial charge is 0.483 e. The Bertz CT molecular complexity index is 102. The van der Waals surface area contributed by atoms with Gasteiger partial charge < -0.3 is 16.2 Å². The summed E-state index contributed by atoms with van der Waals surface area (Å²) in [5, 5.41) is 9.93. The minimum absolute atomic E-state index is 0.189. The first-order chi connectivity index (χ1) is 4.68. The second-order valence-electron chi connectivity index (χ2n) is 2.50. The number of carboxylic acid groups (broad SMARTS) is 1. The average molecular weight is 146 g/mol. The number of rotatable bonds is 2. The molecule has 1 rings (SSSR count). The molecular formula is C6H14N2O2. The highest BCUT2D eigenvalue weighted by Gasteiger charge is 2.36. The number of likely N-dealkylation sites (N-methyl/N-ethyl adjacent to an activating group) is 1. The van der Waals surface area contributed by atoms with E-state index >= 15 is 0 Å². The van der Waals surface area contributed by atoms with Gasteiger partial charge in [-0.05, 0) is 19.9 Å². The molecule has 0 radical (unpaired) electrons. The monoisotopic (exact) mass is 146 g/mol. The minimum atomic E-state index is -0.250. The molecule has 0 aliphatic heterocycles.